The molecule has 3 nitrogen and oxygen atoms in total. The minimum absolute atomic E-state index is 0.145. The molecule has 3 rings (SSSR count). The second-order valence-electron chi connectivity index (χ2n) is 6.15. The third-order valence-electron chi connectivity index (χ3n) is 4.62. The fourth-order valence-electron chi connectivity index (χ4n) is 3.62. The molecule has 2 bridgehead atoms. The van der Waals surface area contributed by atoms with Crippen LogP contribution in [0.25, 0.3) is 0 Å². The van der Waals surface area contributed by atoms with Gasteiger partial charge in [-0.3, -0.25) is 9.69 Å². The average molecular weight is 272 g/mol. The summed E-state index contributed by atoms with van der Waals surface area (Å²) >= 11 is 0. The van der Waals surface area contributed by atoms with E-state index in [9.17, 15) is 4.79 Å². The highest BCUT2D eigenvalue weighted by atomic mass is 16.2. The van der Waals surface area contributed by atoms with Gasteiger partial charge in [0.05, 0.1) is 6.04 Å². The molecule has 2 saturated heterocycles. The van der Waals surface area contributed by atoms with Crippen LogP contribution in [0.15, 0.2) is 30.3 Å². The van der Waals surface area contributed by atoms with Crippen molar-refractivity contribution in [2.24, 2.45) is 5.92 Å². The highest BCUT2D eigenvalue weighted by Crippen LogP contribution is 2.30. The van der Waals surface area contributed by atoms with E-state index >= 15 is 0 Å². The van der Waals surface area contributed by atoms with Gasteiger partial charge in [0.25, 0.3) is 0 Å². The summed E-state index contributed by atoms with van der Waals surface area (Å²) in [7, 11) is 0. The fourth-order valence-corrected chi connectivity index (χ4v) is 3.62. The predicted molar refractivity (Wildman–Crippen MR) is 80.2 cm³/mol. The summed E-state index contributed by atoms with van der Waals surface area (Å²) in [6.45, 7) is 6.08. The lowest BCUT2D eigenvalue weighted by Crippen LogP contribution is -2.58. The monoisotopic (exact) mass is 272 g/mol. The van der Waals surface area contributed by atoms with E-state index in [1.54, 1.807) is 0 Å². The number of hydrogen-bond acceptors (Lipinski definition) is 2. The van der Waals surface area contributed by atoms with Gasteiger partial charge in [-0.1, -0.05) is 37.3 Å². The van der Waals surface area contributed by atoms with Crippen LogP contribution in [0, 0.1) is 5.92 Å². The van der Waals surface area contributed by atoms with Gasteiger partial charge in [0.15, 0.2) is 0 Å². The van der Waals surface area contributed by atoms with Crippen LogP contribution < -0.4 is 0 Å². The predicted octanol–water partition coefficient (Wildman–Crippen LogP) is 2.52. The van der Waals surface area contributed by atoms with Gasteiger partial charge in [-0.05, 0) is 43.8 Å². The zero-order valence-electron chi connectivity index (χ0n) is 12.3. The molecule has 2 aliphatic heterocycles. The topological polar surface area (TPSA) is 23.6 Å². The van der Waals surface area contributed by atoms with Gasteiger partial charge in [-0.15, -0.1) is 0 Å². The Labute approximate surface area is 121 Å². The van der Waals surface area contributed by atoms with Crippen LogP contribution in [0.3, 0.4) is 0 Å². The summed E-state index contributed by atoms with van der Waals surface area (Å²) in [6, 6.07) is 10.5. The molecule has 0 aliphatic carbocycles. The van der Waals surface area contributed by atoms with E-state index in [-0.39, 0.29) is 6.04 Å². The number of piperidine rings is 2. The maximum absolute atomic E-state index is 12.7. The second kappa shape index (κ2) is 5.96. The van der Waals surface area contributed by atoms with Crippen molar-refractivity contribution < 1.29 is 4.79 Å². The van der Waals surface area contributed by atoms with Crippen molar-refractivity contribution >= 4 is 5.91 Å². The maximum Gasteiger partial charge on any atom is 0.240 e. The highest BCUT2D eigenvalue weighted by Gasteiger charge is 2.40. The third-order valence-corrected chi connectivity index (χ3v) is 4.62. The Hall–Kier alpha value is -1.35. The highest BCUT2D eigenvalue weighted by molar-refractivity contribution is 5.83. The van der Waals surface area contributed by atoms with Crippen LogP contribution in [0.2, 0.25) is 0 Å². The minimum Gasteiger partial charge on any atom is -0.337 e. The van der Waals surface area contributed by atoms with Gasteiger partial charge in [0.2, 0.25) is 5.91 Å². The number of carbonyl (C=O) groups is 1. The lowest BCUT2D eigenvalue weighted by Gasteiger charge is -2.46. The Bertz CT molecular complexity index is 459. The van der Waals surface area contributed by atoms with E-state index in [0.29, 0.717) is 11.8 Å². The number of likely N-dealkylation sites (tertiary alicyclic amines) is 2. The standard InChI is InChI=1S/C17H24N2O/c1-2-9-18-10-8-15-11-16(18)17(20)19(13-15)12-14-6-4-3-5-7-14/h3-7,15-16H,2,8-13H2,1H3/t15-,16+/m0/s1. The molecule has 0 spiro atoms. The van der Waals surface area contributed by atoms with Crippen LogP contribution in [0.4, 0.5) is 0 Å². The molecule has 0 aromatic heterocycles. The van der Waals surface area contributed by atoms with Gasteiger partial charge < -0.3 is 4.90 Å². The van der Waals surface area contributed by atoms with Crippen molar-refractivity contribution in [2.45, 2.75) is 38.8 Å². The molecule has 1 aromatic carbocycles. The van der Waals surface area contributed by atoms with Crippen LogP contribution in [0.1, 0.15) is 31.7 Å². The minimum atomic E-state index is 0.145. The largest absolute Gasteiger partial charge is 0.337 e. The van der Waals surface area contributed by atoms with E-state index < -0.39 is 0 Å². The summed E-state index contributed by atoms with van der Waals surface area (Å²) in [4.78, 5) is 17.2. The number of rotatable bonds is 4. The van der Waals surface area contributed by atoms with E-state index in [1.807, 2.05) is 18.2 Å². The lowest BCUT2D eigenvalue weighted by molar-refractivity contribution is -0.146. The van der Waals surface area contributed by atoms with Crippen LogP contribution in [-0.4, -0.2) is 41.4 Å². The Morgan fingerprint density at radius 1 is 1.25 bits per heavy atom. The number of hydrogen-bond donors (Lipinski definition) is 0. The summed E-state index contributed by atoms with van der Waals surface area (Å²) in [5.74, 6) is 1.05. The number of nitrogens with zero attached hydrogens (tertiary/aromatic N) is 2. The maximum atomic E-state index is 12.7. The lowest BCUT2D eigenvalue weighted by atomic mass is 9.85. The second-order valence-corrected chi connectivity index (χ2v) is 6.15. The van der Waals surface area contributed by atoms with Gasteiger partial charge in [0, 0.05) is 13.1 Å². The summed E-state index contributed by atoms with van der Waals surface area (Å²) in [5.41, 5.74) is 1.24. The Morgan fingerprint density at radius 2 is 2.05 bits per heavy atom. The Morgan fingerprint density at radius 3 is 2.80 bits per heavy atom. The molecule has 0 saturated carbocycles. The Kier molecular flexibility index (Phi) is 4.06. The van der Waals surface area contributed by atoms with Gasteiger partial charge in [0.1, 0.15) is 0 Å². The Balaban J connectivity index is 1.72. The summed E-state index contributed by atoms with van der Waals surface area (Å²) in [6.07, 6.45) is 3.45. The first-order chi connectivity index (χ1) is 9.78. The van der Waals surface area contributed by atoms with Crippen LogP contribution >= 0.6 is 0 Å². The van der Waals surface area contributed by atoms with Gasteiger partial charge in [-0.25, -0.2) is 0 Å². The quantitative estimate of drug-likeness (QED) is 0.841. The first-order valence-corrected chi connectivity index (χ1v) is 7.84. The molecule has 20 heavy (non-hydrogen) atoms. The molecular formula is C17H24N2O. The van der Waals surface area contributed by atoms with E-state index in [1.165, 1.54) is 12.0 Å². The molecule has 2 aliphatic rings. The smallest absolute Gasteiger partial charge is 0.240 e. The van der Waals surface area contributed by atoms with Gasteiger partial charge >= 0.3 is 0 Å². The SMILES string of the molecule is CCCN1CC[C@H]2C[C@@H]1C(=O)N(Cc1ccccc1)C2. The first kappa shape index (κ1) is 13.6. The molecule has 2 fully saturated rings. The molecule has 1 amide bonds. The molecule has 0 radical (unpaired) electrons. The third kappa shape index (κ3) is 2.73. The van der Waals surface area contributed by atoms with Crippen molar-refractivity contribution in [3.05, 3.63) is 35.9 Å². The van der Waals surface area contributed by atoms with Crippen LogP contribution in [-0.2, 0) is 11.3 Å². The normalized spacial score (nSPS) is 26.9. The van der Waals surface area contributed by atoms with Crippen molar-refractivity contribution in [2.75, 3.05) is 19.6 Å². The molecule has 0 unspecified atom stereocenters. The summed E-state index contributed by atoms with van der Waals surface area (Å²) in [5, 5.41) is 0. The van der Waals surface area contributed by atoms with Crippen molar-refractivity contribution in [1.82, 2.24) is 9.80 Å². The molecular weight excluding hydrogens is 248 g/mol. The average Bonchev–Trinajstić information content (AvgIpc) is 2.48. The number of benzene rings is 1. The fraction of sp³-hybridized carbons (Fsp3) is 0.588. The molecule has 2 atom stereocenters. The number of amides is 1. The molecule has 2 heterocycles. The number of carbonyl (C=O) groups excluding carboxylic acids is 1. The van der Waals surface area contributed by atoms with Crippen molar-refractivity contribution in [3.8, 4) is 0 Å². The van der Waals surface area contributed by atoms with E-state index in [0.717, 1.165) is 39.0 Å². The van der Waals surface area contributed by atoms with Gasteiger partial charge in [-0.2, -0.15) is 0 Å². The van der Waals surface area contributed by atoms with E-state index in [4.69, 9.17) is 0 Å². The van der Waals surface area contributed by atoms with Crippen molar-refractivity contribution in [1.29, 1.82) is 0 Å². The van der Waals surface area contributed by atoms with E-state index in [2.05, 4.69) is 28.9 Å². The van der Waals surface area contributed by atoms with Crippen molar-refractivity contribution in [3.63, 3.8) is 0 Å². The van der Waals surface area contributed by atoms with Crippen LogP contribution in [0.5, 0.6) is 0 Å². The molecule has 1 aromatic rings. The summed E-state index contributed by atoms with van der Waals surface area (Å²) < 4.78 is 0. The molecule has 0 N–H and O–H groups in total. The molecule has 3 heteroatoms. The first-order valence-electron chi connectivity index (χ1n) is 7.84. The zero-order chi connectivity index (χ0) is 13.9. The molecule has 108 valence electrons. The number of fused-ring (bicyclic) bond motifs is 2. The zero-order valence-corrected chi connectivity index (χ0v) is 12.3.